The minimum Gasteiger partial charge on any atom is -0.481 e. The molecule has 0 saturated carbocycles. The largest absolute Gasteiger partial charge is 0.481 e. The number of carbonyl (C=O) groups is 1. The van der Waals surface area contributed by atoms with Gasteiger partial charge in [0.25, 0.3) is 0 Å². The van der Waals surface area contributed by atoms with Gasteiger partial charge >= 0.3 is 12.1 Å². The number of alkyl halides is 3. The summed E-state index contributed by atoms with van der Waals surface area (Å²) in [5.41, 5.74) is 1.45. The van der Waals surface area contributed by atoms with Gasteiger partial charge in [-0.15, -0.1) is 0 Å². The van der Waals surface area contributed by atoms with Gasteiger partial charge in [-0.05, 0) is 38.1 Å². The van der Waals surface area contributed by atoms with Crippen LogP contribution in [-0.2, 0) is 17.4 Å². The van der Waals surface area contributed by atoms with Crippen LogP contribution < -0.4 is 0 Å². The first-order chi connectivity index (χ1) is 9.70. The number of nitrogens with zero attached hydrogens (tertiary/aromatic N) is 2. The number of rotatable bonds is 3. The van der Waals surface area contributed by atoms with E-state index in [-0.39, 0.29) is 6.42 Å². The van der Waals surface area contributed by atoms with Crippen LogP contribution in [-0.4, -0.2) is 20.9 Å². The summed E-state index contributed by atoms with van der Waals surface area (Å²) in [6.45, 7) is 3.36. The van der Waals surface area contributed by atoms with E-state index in [1.807, 2.05) is 0 Å². The minimum absolute atomic E-state index is 0.168. The van der Waals surface area contributed by atoms with Crippen LogP contribution in [0.4, 0.5) is 13.2 Å². The van der Waals surface area contributed by atoms with Gasteiger partial charge in [-0.1, -0.05) is 0 Å². The summed E-state index contributed by atoms with van der Waals surface area (Å²) in [5.74, 6) is -0.979. The van der Waals surface area contributed by atoms with E-state index in [0.717, 1.165) is 12.1 Å². The Kier molecular flexibility index (Phi) is 3.76. The molecular weight excluding hydrogens is 285 g/mol. The van der Waals surface area contributed by atoms with Crippen molar-refractivity contribution in [2.24, 2.45) is 0 Å². The topological polar surface area (TPSA) is 55.1 Å². The fourth-order valence-electron chi connectivity index (χ4n) is 2.13. The quantitative estimate of drug-likeness (QED) is 0.947. The Labute approximate surface area is 118 Å². The van der Waals surface area contributed by atoms with E-state index >= 15 is 0 Å². The second kappa shape index (κ2) is 5.23. The summed E-state index contributed by atoms with van der Waals surface area (Å²) in [6.07, 6.45) is -4.56. The van der Waals surface area contributed by atoms with E-state index in [1.165, 1.54) is 16.8 Å². The lowest BCUT2D eigenvalue weighted by molar-refractivity contribution is -0.138. The molecule has 21 heavy (non-hydrogen) atoms. The second-order valence-electron chi connectivity index (χ2n) is 4.68. The fourth-order valence-corrected chi connectivity index (χ4v) is 2.13. The summed E-state index contributed by atoms with van der Waals surface area (Å²) in [4.78, 5) is 10.8. The highest BCUT2D eigenvalue weighted by atomic mass is 19.4. The average molecular weight is 298 g/mol. The van der Waals surface area contributed by atoms with Crippen molar-refractivity contribution in [3.05, 3.63) is 46.8 Å². The molecule has 7 heteroatoms. The Morgan fingerprint density at radius 2 is 1.81 bits per heavy atom. The van der Waals surface area contributed by atoms with Crippen molar-refractivity contribution < 1.29 is 23.1 Å². The lowest BCUT2D eigenvalue weighted by Crippen LogP contribution is -2.06. The Morgan fingerprint density at radius 3 is 2.29 bits per heavy atom. The first-order valence-corrected chi connectivity index (χ1v) is 6.14. The smallest absolute Gasteiger partial charge is 0.416 e. The number of aromatic nitrogens is 2. The third-order valence-electron chi connectivity index (χ3n) is 3.21. The molecule has 4 nitrogen and oxygen atoms in total. The van der Waals surface area contributed by atoms with Gasteiger partial charge in [0, 0.05) is 11.3 Å². The lowest BCUT2D eigenvalue weighted by atomic mass is 10.1. The third kappa shape index (κ3) is 3.07. The number of aryl methyl sites for hydroxylation is 1. The van der Waals surface area contributed by atoms with Crippen LogP contribution in [0.5, 0.6) is 0 Å². The molecule has 2 rings (SSSR count). The van der Waals surface area contributed by atoms with Gasteiger partial charge in [-0.25, -0.2) is 4.68 Å². The summed E-state index contributed by atoms with van der Waals surface area (Å²) in [5, 5.41) is 13.1. The molecule has 0 aliphatic heterocycles. The molecule has 0 atom stereocenters. The zero-order valence-electron chi connectivity index (χ0n) is 11.4. The molecule has 1 heterocycles. The van der Waals surface area contributed by atoms with Gasteiger partial charge in [0.2, 0.25) is 0 Å². The first kappa shape index (κ1) is 15.1. The number of aliphatic carboxylic acids is 1. The molecule has 1 aromatic heterocycles. The van der Waals surface area contributed by atoms with Crippen LogP contribution in [0.3, 0.4) is 0 Å². The van der Waals surface area contributed by atoms with Crippen LogP contribution in [0.1, 0.15) is 22.5 Å². The highest BCUT2D eigenvalue weighted by molar-refractivity contribution is 5.71. The van der Waals surface area contributed by atoms with Crippen LogP contribution in [0.25, 0.3) is 5.69 Å². The van der Waals surface area contributed by atoms with Gasteiger partial charge in [-0.2, -0.15) is 18.3 Å². The highest BCUT2D eigenvalue weighted by Crippen LogP contribution is 2.30. The second-order valence-corrected chi connectivity index (χ2v) is 4.68. The van der Waals surface area contributed by atoms with Gasteiger partial charge in [-0.3, -0.25) is 4.79 Å². The Bertz CT molecular complexity index is 673. The number of carboxylic acids is 1. The van der Waals surface area contributed by atoms with Crippen molar-refractivity contribution in [3.63, 3.8) is 0 Å². The zero-order valence-corrected chi connectivity index (χ0v) is 11.4. The Balaban J connectivity index is 2.41. The summed E-state index contributed by atoms with van der Waals surface area (Å²) >= 11 is 0. The molecule has 2 aromatic rings. The van der Waals surface area contributed by atoms with Gasteiger partial charge in [0.1, 0.15) is 0 Å². The number of benzene rings is 1. The van der Waals surface area contributed by atoms with Crippen molar-refractivity contribution >= 4 is 5.97 Å². The maximum atomic E-state index is 12.5. The highest BCUT2D eigenvalue weighted by Gasteiger charge is 2.30. The van der Waals surface area contributed by atoms with E-state index < -0.39 is 17.7 Å². The molecular formula is C14H13F3N2O2. The van der Waals surface area contributed by atoms with Gasteiger partial charge in [0.15, 0.2) is 0 Å². The molecule has 0 unspecified atom stereocenters. The number of hydrogen-bond donors (Lipinski definition) is 1. The van der Waals surface area contributed by atoms with Crippen LogP contribution in [0, 0.1) is 13.8 Å². The normalized spacial score (nSPS) is 11.7. The van der Waals surface area contributed by atoms with E-state index in [2.05, 4.69) is 5.10 Å². The lowest BCUT2D eigenvalue weighted by Gasteiger charge is -2.09. The monoisotopic (exact) mass is 298 g/mol. The maximum Gasteiger partial charge on any atom is 0.416 e. The molecule has 1 aromatic carbocycles. The van der Waals surface area contributed by atoms with Gasteiger partial charge in [0.05, 0.1) is 23.4 Å². The fraction of sp³-hybridized carbons (Fsp3) is 0.286. The van der Waals surface area contributed by atoms with Crippen molar-refractivity contribution in [2.75, 3.05) is 0 Å². The van der Waals surface area contributed by atoms with Crippen molar-refractivity contribution in [1.29, 1.82) is 0 Å². The Morgan fingerprint density at radius 1 is 1.24 bits per heavy atom. The van der Waals surface area contributed by atoms with E-state index in [1.54, 1.807) is 13.8 Å². The van der Waals surface area contributed by atoms with E-state index in [4.69, 9.17) is 5.11 Å². The number of hydrogen-bond acceptors (Lipinski definition) is 2. The molecule has 0 amide bonds. The molecule has 0 fully saturated rings. The molecule has 0 bridgehead atoms. The maximum absolute atomic E-state index is 12.5. The molecule has 0 saturated heterocycles. The van der Waals surface area contributed by atoms with Gasteiger partial charge < -0.3 is 5.11 Å². The van der Waals surface area contributed by atoms with E-state index in [0.29, 0.717) is 22.6 Å². The summed E-state index contributed by atoms with van der Waals surface area (Å²) in [6, 6.07) is 4.57. The Hall–Kier alpha value is -2.31. The zero-order chi connectivity index (χ0) is 15.8. The van der Waals surface area contributed by atoms with Crippen LogP contribution >= 0.6 is 0 Å². The predicted octanol–water partition coefficient (Wildman–Crippen LogP) is 3.14. The SMILES string of the molecule is Cc1nn(-c2ccc(C(F)(F)F)cc2)c(C)c1CC(=O)O. The number of halogens is 3. The van der Waals surface area contributed by atoms with Crippen molar-refractivity contribution in [3.8, 4) is 5.69 Å². The number of carboxylic acid groups (broad SMARTS) is 1. The van der Waals surface area contributed by atoms with Crippen molar-refractivity contribution in [2.45, 2.75) is 26.4 Å². The average Bonchev–Trinajstić information content (AvgIpc) is 2.65. The van der Waals surface area contributed by atoms with Crippen LogP contribution in [0.15, 0.2) is 24.3 Å². The molecule has 0 radical (unpaired) electrons. The van der Waals surface area contributed by atoms with E-state index in [9.17, 15) is 18.0 Å². The summed E-state index contributed by atoms with van der Waals surface area (Å²) in [7, 11) is 0. The van der Waals surface area contributed by atoms with Crippen LogP contribution in [0.2, 0.25) is 0 Å². The molecule has 0 aliphatic rings. The van der Waals surface area contributed by atoms with Crippen molar-refractivity contribution in [1.82, 2.24) is 9.78 Å². The first-order valence-electron chi connectivity index (χ1n) is 6.14. The minimum atomic E-state index is -4.39. The summed E-state index contributed by atoms with van der Waals surface area (Å²) < 4.78 is 39.0. The standard InChI is InChI=1S/C14H13F3N2O2/c1-8-12(7-13(20)21)9(2)19(18-8)11-5-3-10(4-6-11)14(15,16)17/h3-6H,7H2,1-2H3,(H,20,21). The molecule has 0 spiro atoms. The molecule has 0 aliphatic carbocycles. The predicted molar refractivity (Wildman–Crippen MR) is 69.4 cm³/mol. The molecule has 112 valence electrons. The third-order valence-corrected chi connectivity index (χ3v) is 3.21. The molecule has 1 N–H and O–H groups in total.